The van der Waals surface area contributed by atoms with Crippen molar-refractivity contribution >= 4 is 10.0 Å². The lowest BCUT2D eigenvalue weighted by atomic mass is 10.2. The van der Waals surface area contributed by atoms with E-state index >= 15 is 0 Å². The van der Waals surface area contributed by atoms with Gasteiger partial charge in [-0.2, -0.15) is 5.10 Å². The summed E-state index contributed by atoms with van der Waals surface area (Å²) in [6.45, 7) is 3.96. The second kappa shape index (κ2) is 4.91. The SMILES string of the molecule is Cc1cc(C)cc(S(=O)(=O)NCc2ccn[nH]2)c1. The maximum atomic E-state index is 12.1. The van der Waals surface area contributed by atoms with Crippen LogP contribution in [0.2, 0.25) is 0 Å². The molecule has 2 rings (SSSR count). The molecule has 0 saturated carbocycles. The number of sulfonamides is 1. The summed E-state index contributed by atoms with van der Waals surface area (Å²) in [5.74, 6) is 0. The van der Waals surface area contributed by atoms with E-state index in [9.17, 15) is 8.42 Å². The fourth-order valence-corrected chi connectivity index (χ4v) is 2.92. The average molecular weight is 265 g/mol. The van der Waals surface area contributed by atoms with E-state index in [1.54, 1.807) is 24.4 Å². The highest BCUT2D eigenvalue weighted by atomic mass is 32.2. The molecular weight excluding hydrogens is 250 g/mol. The molecule has 0 bridgehead atoms. The quantitative estimate of drug-likeness (QED) is 0.879. The predicted molar refractivity (Wildman–Crippen MR) is 68.5 cm³/mol. The molecule has 0 spiro atoms. The summed E-state index contributed by atoms with van der Waals surface area (Å²) >= 11 is 0. The minimum atomic E-state index is -3.48. The number of hydrogen-bond acceptors (Lipinski definition) is 3. The lowest BCUT2D eigenvalue weighted by Crippen LogP contribution is -2.23. The van der Waals surface area contributed by atoms with Crippen LogP contribution in [0.5, 0.6) is 0 Å². The van der Waals surface area contributed by atoms with Crippen LogP contribution in [0, 0.1) is 13.8 Å². The minimum Gasteiger partial charge on any atom is -0.281 e. The smallest absolute Gasteiger partial charge is 0.240 e. The van der Waals surface area contributed by atoms with E-state index in [0.717, 1.165) is 16.8 Å². The predicted octanol–water partition coefficient (Wildman–Crippen LogP) is 1.51. The Kier molecular flexibility index (Phi) is 3.49. The van der Waals surface area contributed by atoms with Crippen molar-refractivity contribution in [3.05, 3.63) is 47.3 Å². The molecule has 96 valence electrons. The molecule has 1 aromatic heterocycles. The Labute approximate surface area is 106 Å². The standard InChI is InChI=1S/C12H15N3O2S/c1-9-5-10(2)7-12(6-9)18(16,17)14-8-11-3-4-13-15-11/h3-7,14H,8H2,1-2H3,(H,13,15). The highest BCUT2D eigenvalue weighted by molar-refractivity contribution is 7.89. The summed E-state index contributed by atoms with van der Waals surface area (Å²) in [5, 5.41) is 6.47. The minimum absolute atomic E-state index is 0.204. The Morgan fingerprint density at radius 2 is 1.89 bits per heavy atom. The van der Waals surface area contributed by atoms with Crippen molar-refractivity contribution in [1.82, 2.24) is 14.9 Å². The van der Waals surface area contributed by atoms with E-state index in [4.69, 9.17) is 0 Å². The van der Waals surface area contributed by atoms with Crippen molar-refractivity contribution in [3.8, 4) is 0 Å². The van der Waals surface area contributed by atoms with Gasteiger partial charge in [0.2, 0.25) is 10.0 Å². The van der Waals surface area contributed by atoms with Gasteiger partial charge in [0.1, 0.15) is 0 Å². The van der Waals surface area contributed by atoms with Gasteiger partial charge >= 0.3 is 0 Å². The Morgan fingerprint density at radius 1 is 1.22 bits per heavy atom. The summed E-state index contributed by atoms with van der Waals surface area (Å²) in [6.07, 6.45) is 1.58. The van der Waals surface area contributed by atoms with E-state index in [-0.39, 0.29) is 6.54 Å². The van der Waals surface area contributed by atoms with Crippen molar-refractivity contribution < 1.29 is 8.42 Å². The van der Waals surface area contributed by atoms with Gasteiger partial charge in [0.25, 0.3) is 0 Å². The third-order valence-electron chi connectivity index (χ3n) is 2.52. The fraction of sp³-hybridized carbons (Fsp3) is 0.250. The first-order chi connectivity index (χ1) is 8.47. The van der Waals surface area contributed by atoms with Crippen molar-refractivity contribution in [2.24, 2.45) is 0 Å². The highest BCUT2D eigenvalue weighted by Gasteiger charge is 2.14. The molecule has 2 N–H and O–H groups in total. The van der Waals surface area contributed by atoms with Gasteiger partial charge in [-0.3, -0.25) is 5.10 Å². The van der Waals surface area contributed by atoms with Crippen LogP contribution in [0.1, 0.15) is 16.8 Å². The topological polar surface area (TPSA) is 74.8 Å². The molecule has 1 heterocycles. The van der Waals surface area contributed by atoms with Crippen molar-refractivity contribution in [3.63, 3.8) is 0 Å². The monoisotopic (exact) mass is 265 g/mol. The zero-order valence-corrected chi connectivity index (χ0v) is 11.1. The molecule has 0 aliphatic rings. The van der Waals surface area contributed by atoms with E-state index in [1.165, 1.54) is 0 Å². The zero-order valence-electron chi connectivity index (χ0n) is 10.3. The summed E-state index contributed by atoms with van der Waals surface area (Å²) in [6, 6.07) is 6.97. The second-order valence-electron chi connectivity index (χ2n) is 4.23. The van der Waals surface area contributed by atoms with Gasteiger partial charge in [-0.1, -0.05) is 6.07 Å². The molecule has 0 radical (unpaired) electrons. The molecule has 0 aliphatic heterocycles. The zero-order chi connectivity index (χ0) is 13.2. The van der Waals surface area contributed by atoms with Crippen LogP contribution in [0.4, 0.5) is 0 Å². The Morgan fingerprint density at radius 3 is 2.44 bits per heavy atom. The van der Waals surface area contributed by atoms with Gasteiger partial charge in [-0.25, -0.2) is 13.1 Å². The van der Waals surface area contributed by atoms with E-state index < -0.39 is 10.0 Å². The Bertz CT molecular complexity index is 613. The molecule has 5 nitrogen and oxygen atoms in total. The maximum Gasteiger partial charge on any atom is 0.240 e. The molecule has 6 heteroatoms. The number of H-pyrrole nitrogens is 1. The van der Waals surface area contributed by atoms with Crippen LogP contribution in [0.15, 0.2) is 35.4 Å². The normalized spacial score (nSPS) is 11.7. The first kappa shape index (κ1) is 12.8. The van der Waals surface area contributed by atoms with Crippen LogP contribution < -0.4 is 4.72 Å². The van der Waals surface area contributed by atoms with E-state index in [2.05, 4.69) is 14.9 Å². The summed E-state index contributed by atoms with van der Waals surface area (Å²) in [4.78, 5) is 0.291. The van der Waals surface area contributed by atoms with Gasteiger partial charge in [0.15, 0.2) is 0 Å². The number of aryl methyl sites for hydroxylation is 2. The largest absolute Gasteiger partial charge is 0.281 e. The van der Waals surface area contributed by atoms with Gasteiger partial charge < -0.3 is 0 Å². The number of hydrogen-bond donors (Lipinski definition) is 2. The summed E-state index contributed by atoms with van der Waals surface area (Å²) in [5.41, 5.74) is 2.58. The molecule has 2 aromatic rings. The molecule has 1 aromatic carbocycles. The molecule has 0 amide bonds. The van der Waals surface area contributed by atoms with Crippen LogP contribution in [0.3, 0.4) is 0 Å². The fourth-order valence-electron chi connectivity index (χ4n) is 1.73. The molecule has 0 atom stereocenters. The number of aromatic amines is 1. The summed E-state index contributed by atoms with van der Waals surface area (Å²) < 4.78 is 26.7. The number of benzene rings is 1. The van der Waals surface area contributed by atoms with Gasteiger partial charge in [0.05, 0.1) is 17.1 Å². The van der Waals surface area contributed by atoms with E-state index in [1.807, 2.05) is 19.9 Å². The second-order valence-corrected chi connectivity index (χ2v) is 6.00. The first-order valence-electron chi connectivity index (χ1n) is 5.53. The van der Waals surface area contributed by atoms with Crippen molar-refractivity contribution in [1.29, 1.82) is 0 Å². The van der Waals surface area contributed by atoms with Gasteiger partial charge in [0, 0.05) is 6.20 Å². The molecular formula is C12H15N3O2S. The summed E-state index contributed by atoms with van der Waals surface area (Å²) in [7, 11) is -3.48. The number of aromatic nitrogens is 2. The van der Waals surface area contributed by atoms with Crippen LogP contribution in [-0.4, -0.2) is 18.6 Å². The molecule has 0 unspecified atom stereocenters. The van der Waals surface area contributed by atoms with Gasteiger partial charge in [-0.15, -0.1) is 0 Å². The molecule has 0 aliphatic carbocycles. The molecule has 18 heavy (non-hydrogen) atoms. The number of nitrogens with zero attached hydrogens (tertiary/aromatic N) is 1. The Balaban J connectivity index is 2.20. The lowest BCUT2D eigenvalue weighted by Gasteiger charge is -2.07. The third-order valence-corrected chi connectivity index (χ3v) is 3.90. The Hall–Kier alpha value is -1.66. The first-order valence-corrected chi connectivity index (χ1v) is 7.02. The van der Waals surface area contributed by atoms with E-state index in [0.29, 0.717) is 4.90 Å². The van der Waals surface area contributed by atoms with Crippen LogP contribution in [0.25, 0.3) is 0 Å². The average Bonchev–Trinajstić information content (AvgIpc) is 2.78. The van der Waals surface area contributed by atoms with Crippen LogP contribution in [-0.2, 0) is 16.6 Å². The molecule has 0 fully saturated rings. The highest BCUT2D eigenvalue weighted by Crippen LogP contribution is 2.14. The third kappa shape index (κ3) is 2.96. The maximum absolute atomic E-state index is 12.1. The molecule has 0 saturated heterocycles. The number of nitrogens with one attached hydrogen (secondary N) is 2. The van der Waals surface area contributed by atoms with Gasteiger partial charge in [-0.05, 0) is 43.2 Å². The van der Waals surface area contributed by atoms with Crippen molar-refractivity contribution in [2.45, 2.75) is 25.3 Å². The number of rotatable bonds is 4. The van der Waals surface area contributed by atoms with Crippen LogP contribution >= 0.6 is 0 Å². The lowest BCUT2D eigenvalue weighted by molar-refractivity contribution is 0.580. The van der Waals surface area contributed by atoms with Crippen molar-refractivity contribution in [2.75, 3.05) is 0 Å².